The van der Waals surface area contributed by atoms with Crippen molar-refractivity contribution in [2.45, 2.75) is 65.6 Å². The van der Waals surface area contributed by atoms with Gasteiger partial charge in [-0.15, -0.1) is 0 Å². The van der Waals surface area contributed by atoms with Crippen molar-refractivity contribution in [3.63, 3.8) is 0 Å². The molecule has 10 heteroatoms. The Hall–Kier alpha value is -1.74. The molecule has 0 spiro atoms. The molecule has 0 N–H and O–H groups in total. The molecule has 0 amide bonds. The highest BCUT2D eigenvalue weighted by Crippen LogP contribution is 2.58. The second-order valence-corrected chi connectivity index (χ2v) is 6.99. The fraction of sp³-hybridized carbons (Fsp3) is 0.824. The van der Waals surface area contributed by atoms with E-state index >= 15 is 0 Å². The van der Waals surface area contributed by atoms with Gasteiger partial charge in [0.25, 0.3) is 6.43 Å². The van der Waals surface area contributed by atoms with Crippen molar-refractivity contribution in [2.24, 2.45) is 27.7 Å². The molecule has 0 radical (unpaired) electrons. The van der Waals surface area contributed by atoms with Gasteiger partial charge >= 0.3 is 6.18 Å². The van der Waals surface area contributed by atoms with Crippen LogP contribution >= 0.6 is 0 Å². The molecule has 0 fully saturated rings. The Kier molecular flexibility index (Phi) is 6.65. The average molecular weight is 399 g/mol. The molecule has 0 aromatic rings. The molecule has 1 heterocycles. The van der Waals surface area contributed by atoms with Gasteiger partial charge in [-0.25, -0.2) is 8.78 Å². The maximum Gasteiger partial charge on any atom is 0.430 e. The van der Waals surface area contributed by atoms with Crippen LogP contribution in [0.15, 0.2) is 4.99 Å². The molecule has 0 bridgehead atoms. The summed E-state index contributed by atoms with van der Waals surface area (Å²) < 4.78 is 68.3. The summed E-state index contributed by atoms with van der Waals surface area (Å²) >= 11 is 0. The number of carbonyl (C=O) groups excluding carboxylic acids is 2. The zero-order valence-electron chi connectivity index (χ0n) is 15.4. The average Bonchev–Trinajstić information content (AvgIpc) is 2.54. The van der Waals surface area contributed by atoms with Gasteiger partial charge in [0.15, 0.2) is 0 Å². The summed E-state index contributed by atoms with van der Waals surface area (Å²) in [4.78, 5) is 26.9. The van der Waals surface area contributed by atoms with Gasteiger partial charge in [0.1, 0.15) is 11.8 Å². The fourth-order valence-electron chi connectivity index (χ4n) is 4.53. The van der Waals surface area contributed by atoms with E-state index in [1.807, 2.05) is 0 Å². The Labute approximate surface area is 153 Å². The molecular weight excluding hydrogens is 377 g/mol. The third-order valence-electron chi connectivity index (χ3n) is 5.87. The van der Waals surface area contributed by atoms with Crippen LogP contribution in [0.3, 0.4) is 0 Å². The summed E-state index contributed by atoms with van der Waals surface area (Å²) in [5.74, 6) is -7.00. The lowest BCUT2D eigenvalue weighted by Gasteiger charge is -2.58. The summed E-state index contributed by atoms with van der Waals surface area (Å²) in [5.41, 5.74) is -7.43. The van der Waals surface area contributed by atoms with Gasteiger partial charge in [-0.3, -0.25) is 4.99 Å². The Morgan fingerprint density at radius 1 is 1.11 bits per heavy atom. The van der Waals surface area contributed by atoms with Gasteiger partial charge < -0.3 is 19.8 Å². The first-order chi connectivity index (χ1) is 12.3. The van der Waals surface area contributed by atoms with E-state index in [0.717, 1.165) is 13.8 Å². The number of hydrogen-bond acceptors (Lipinski definition) is 5. The minimum Gasteiger partial charge on any atom is -0.549 e. The van der Waals surface area contributed by atoms with Crippen LogP contribution in [-0.4, -0.2) is 36.3 Å². The van der Waals surface area contributed by atoms with E-state index < -0.39 is 65.4 Å². The van der Waals surface area contributed by atoms with E-state index in [1.54, 1.807) is 0 Å². The van der Waals surface area contributed by atoms with Crippen molar-refractivity contribution in [1.82, 2.24) is 0 Å². The van der Waals surface area contributed by atoms with E-state index in [1.165, 1.54) is 13.8 Å². The Morgan fingerprint density at radius 2 is 1.59 bits per heavy atom. The second kappa shape index (κ2) is 7.71. The summed E-state index contributed by atoms with van der Waals surface area (Å²) in [6.45, 7) is 4.96. The van der Waals surface area contributed by atoms with E-state index in [-0.39, 0.29) is 12.8 Å². The van der Waals surface area contributed by atoms with E-state index in [2.05, 4.69) is 4.99 Å². The number of alkyl halides is 5. The lowest BCUT2D eigenvalue weighted by atomic mass is 9.50. The summed E-state index contributed by atoms with van der Waals surface area (Å²) in [6.07, 6.45) is -9.45. The lowest BCUT2D eigenvalue weighted by molar-refractivity contribution is -0.336. The third kappa shape index (κ3) is 3.42. The molecule has 1 aliphatic rings. The normalized spacial score (nSPS) is 31.9. The zero-order valence-corrected chi connectivity index (χ0v) is 15.4. The molecule has 0 aromatic heterocycles. The van der Waals surface area contributed by atoms with Crippen molar-refractivity contribution in [1.29, 1.82) is 0 Å². The quantitative estimate of drug-likeness (QED) is 0.608. The first-order valence-electron chi connectivity index (χ1n) is 8.63. The Morgan fingerprint density at radius 3 is 1.85 bits per heavy atom. The molecule has 156 valence electrons. The predicted octanol–water partition coefficient (Wildman–Crippen LogP) is 1.59. The highest BCUT2D eigenvalue weighted by atomic mass is 19.4. The monoisotopic (exact) mass is 399 g/mol. The number of carboxylic acid groups (broad SMARTS) is 2. The highest BCUT2D eigenvalue weighted by molar-refractivity contribution is 6.10. The van der Waals surface area contributed by atoms with Gasteiger partial charge in [-0.2, -0.15) is 13.2 Å². The van der Waals surface area contributed by atoms with Gasteiger partial charge in [-0.05, 0) is 18.3 Å². The largest absolute Gasteiger partial charge is 0.549 e. The molecule has 27 heavy (non-hydrogen) atoms. The first-order valence-corrected chi connectivity index (χ1v) is 8.63. The van der Waals surface area contributed by atoms with Crippen molar-refractivity contribution >= 4 is 17.7 Å². The zero-order chi connectivity index (χ0) is 21.4. The molecule has 5 nitrogen and oxygen atoms in total. The number of carbonyl (C=O) groups is 2. The van der Waals surface area contributed by atoms with Crippen LogP contribution in [-0.2, 0) is 9.59 Å². The number of aliphatic imine (C=N–C) groups is 1. The summed E-state index contributed by atoms with van der Waals surface area (Å²) in [7, 11) is 0. The number of nitrogens with zero attached hydrogens (tertiary/aromatic N) is 1. The Balaban J connectivity index is 4.10. The van der Waals surface area contributed by atoms with Crippen LogP contribution in [0.5, 0.6) is 0 Å². The number of aliphatic carboxylic acids is 2. The Bertz CT molecular complexity index is 617. The van der Waals surface area contributed by atoms with Crippen molar-refractivity contribution in [3.05, 3.63) is 0 Å². The van der Waals surface area contributed by atoms with Crippen LogP contribution in [0.4, 0.5) is 22.0 Å². The van der Waals surface area contributed by atoms with Gasteiger partial charge in [-0.1, -0.05) is 40.5 Å². The SMILES string of the molecule is CCC(CC)C1C(CC)(C(=O)[O-])C(C(F)(F)F)=NC(C(F)F)C1(C)C(=O)[O-]. The minimum atomic E-state index is -5.35. The van der Waals surface area contributed by atoms with Gasteiger partial charge in [0.2, 0.25) is 0 Å². The lowest BCUT2D eigenvalue weighted by Crippen LogP contribution is -2.70. The number of halogens is 5. The fourth-order valence-corrected chi connectivity index (χ4v) is 4.53. The summed E-state index contributed by atoms with van der Waals surface area (Å²) in [5, 5.41) is 23.9. The van der Waals surface area contributed by atoms with Gasteiger partial charge in [0.05, 0.1) is 11.4 Å². The van der Waals surface area contributed by atoms with Crippen molar-refractivity contribution in [2.75, 3.05) is 0 Å². The number of rotatable bonds is 7. The third-order valence-corrected chi connectivity index (χ3v) is 5.87. The van der Waals surface area contributed by atoms with Crippen LogP contribution < -0.4 is 10.2 Å². The molecule has 0 aromatic carbocycles. The minimum absolute atomic E-state index is 0.0835. The molecule has 0 saturated carbocycles. The highest BCUT2D eigenvalue weighted by Gasteiger charge is 2.66. The number of hydrogen-bond donors (Lipinski definition) is 0. The van der Waals surface area contributed by atoms with E-state index in [9.17, 15) is 41.8 Å². The van der Waals surface area contributed by atoms with Crippen LogP contribution in [0, 0.1) is 22.7 Å². The molecule has 0 aliphatic carbocycles. The topological polar surface area (TPSA) is 92.6 Å². The maximum absolute atomic E-state index is 13.7. The van der Waals surface area contributed by atoms with E-state index in [0.29, 0.717) is 0 Å². The number of carboxylic acids is 2. The predicted molar refractivity (Wildman–Crippen MR) is 81.7 cm³/mol. The van der Waals surface area contributed by atoms with Crippen LogP contribution in [0.1, 0.15) is 47.0 Å². The second-order valence-electron chi connectivity index (χ2n) is 6.99. The smallest absolute Gasteiger partial charge is 0.430 e. The summed E-state index contributed by atoms with van der Waals surface area (Å²) in [6, 6.07) is -2.59. The van der Waals surface area contributed by atoms with E-state index in [4.69, 9.17) is 0 Å². The molecule has 0 saturated heterocycles. The first kappa shape index (κ1) is 23.3. The maximum atomic E-state index is 13.7. The van der Waals surface area contributed by atoms with Crippen LogP contribution in [0.25, 0.3) is 0 Å². The van der Waals surface area contributed by atoms with Crippen LogP contribution in [0.2, 0.25) is 0 Å². The molecule has 1 aliphatic heterocycles. The van der Waals surface area contributed by atoms with Crippen molar-refractivity contribution < 1.29 is 41.8 Å². The van der Waals surface area contributed by atoms with Crippen molar-refractivity contribution in [3.8, 4) is 0 Å². The van der Waals surface area contributed by atoms with Gasteiger partial charge in [0, 0.05) is 11.4 Å². The molecular formula is C17H22F5NO4-2. The molecule has 1 rings (SSSR count). The molecule has 4 atom stereocenters. The standard InChI is InChI=1S/C17H24F5NO4/c1-5-8(6-2)9-15(4,13(24)25)10(11(18)19)23-12(17(20,21)22)16(9,7-3)14(26)27/h8-11H,5-7H2,1-4H3,(H,24,25)(H,26,27)/p-2. The molecule has 4 unspecified atom stereocenters.